The first-order valence-electron chi connectivity index (χ1n) is 10.8. The third-order valence-electron chi connectivity index (χ3n) is 5.85. The van der Waals surface area contributed by atoms with Gasteiger partial charge in [0.05, 0.1) is 47.8 Å². The summed E-state index contributed by atoms with van der Waals surface area (Å²) in [5.41, 5.74) is 0.193. The second kappa shape index (κ2) is 8.84. The molecule has 0 unspecified atom stereocenters. The van der Waals surface area contributed by atoms with Crippen LogP contribution >= 0.6 is 0 Å². The van der Waals surface area contributed by atoms with Crippen molar-refractivity contribution in [2.45, 2.75) is 51.9 Å². The zero-order valence-corrected chi connectivity index (χ0v) is 18.5. The normalized spacial score (nSPS) is 13.5. The maximum Gasteiger partial charge on any atom is 0.278 e. The van der Waals surface area contributed by atoms with Crippen LogP contribution in [0.25, 0.3) is 21.8 Å². The van der Waals surface area contributed by atoms with Gasteiger partial charge in [-0.25, -0.2) is 19.0 Å². The fourth-order valence-corrected chi connectivity index (χ4v) is 3.94. The van der Waals surface area contributed by atoms with Crippen molar-refractivity contribution < 1.29 is 0 Å². The lowest BCUT2D eigenvalue weighted by Crippen LogP contribution is -2.31. The van der Waals surface area contributed by atoms with Gasteiger partial charge in [-0.1, -0.05) is 19.1 Å². The predicted octanol–water partition coefficient (Wildman–Crippen LogP) is -0.223. The van der Waals surface area contributed by atoms with Gasteiger partial charge in [-0.05, 0) is 45.8 Å². The van der Waals surface area contributed by atoms with Gasteiger partial charge in [-0.3, -0.25) is 14.2 Å². The van der Waals surface area contributed by atoms with E-state index in [9.17, 15) is 9.59 Å². The molecule has 0 N–H and O–H groups in total. The molecule has 15 heteroatoms. The minimum Gasteiger partial charge on any atom is -0.294 e. The van der Waals surface area contributed by atoms with E-state index in [4.69, 9.17) is 0 Å². The number of aromatic nitrogens is 13. The van der Waals surface area contributed by atoms with E-state index in [1.165, 1.54) is 28.3 Å². The zero-order valence-electron chi connectivity index (χ0n) is 18.5. The van der Waals surface area contributed by atoms with Crippen LogP contribution in [-0.4, -0.2) is 65.0 Å². The highest BCUT2D eigenvalue weighted by atomic mass is 16.1. The number of hydrogen-bond acceptors (Lipinski definition) is 11. The van der Waals surface area contributed by atoms with Gasteiger partial charge in [0.1, 0.15) is 18.2 Å². The number of rotatable bonds is 8. The van der Waals surface area contributed by atoms with Gasteiger partial charge in [0.15, 0.2) is 0 Å². The van der Waals surface area contributed by atoms with Crippen LogP contribution in [0.1, 0.15) is 38.8 Å². The summed E-state index contributed by atoms with van der Waals surface area (Å²) in [6, 6.07) is 2.68. The van der Waals surface area contributed by atoms with Crippen molar-refractivity contribution in [3.05, 3.63) is 51.8 Å². The van der Waals surface area contributed by atoms with Crippen molar-refractivity contribution in [1.82, 2.24) is 65.0 Å². The van der Waals surface area contributed by atoms with Crippen molar-refractivity contribution in [1.29, 1.82) is 0 Å². The molecule has 1 aromatic carbocycles. The Bertz CT molecular complexity index is 1420. The van der Waals surface area contributed by atoms with Gasteiger partial charge in [-0.15, -0.1) is 15.3 Å². The molecular formula is C19H21N13O2. The summed E-state index contributed by atoms with van der Waals surface area (Å²) in [7, 11) is 0. The highest BCUT2D eigenvalue weighted by Crippen LogP contribution is 2.18. The minimum absolute atomic E-state index is 0.195. The van der Waals surface area contributed by atoms with Crippen LogP contribution in [0, 0.1) is 0 Å². The van der Waals surface area contributed by atoms with Gasteiger partial charge in [0.2, 0.25) is 0 Å². The maximum absolute atomic E-state index is 13.3. The average molecular weight is 463 g/mol. The molecule has 0 aliphatic heterocycles. The molecule has 0 saturated carbocycles. The highest BCUT2D eigenvalue weighted by Gasteiger charge is 2.19. The fourth-order valence-electron chi connectivity index (χ4n) is 3.94. The molecule has 0 radical (unpaired) electrons. The molecule has 4 heterocycles. The molecule has 4 aromatic heterocycles. The average Bonchev–Trinajstić information content (AvgIpc) is 3.56. The van der Waals surface area contributed by atoms with Gasteiger partial charge < -0.3 is 0 Å². The van der Waals surface area contributed by atoms with Crippen LogP contribution in [-0.2, 0) is 13.1 Å². The Hall–Kier alpha value is -4.43. The molecule has 5 rings (SSSR count). The SMILES string of the molecule is CC[C@H](Cn1cnnn1)n1cnc2cc3c(=O)n([C@H](CC)Cn4cnnn4)nnc3cc2c1=O. The second-order valence-corrected chi connectivity index (χ2v) is 7.87. The lowest BCUT2D eigenvalue weighted by molar-refractivity contribution is 0.342. The monoisotopic (exact) mass is 463 g/mol. The Morgan fingerprint density at radius 3 is 2.00 bits per heavy atom. The number of nitrogens with zero attached hydrogens (tertiary/aromatic N) is 13. The Balaban J connectivity index is 1.56. The van der Waals surface area contributed by atoms with Crippen molar-refractivity contribution in [2.75, 3.05) is 0 Å². The molecule has 0 spiro atoms. The largest absolute Gasteiger partial charge is 0.294 e. The van der Waals surface area contributed by atoms with E-state index in [1.807, 2.05) is 13.8 Å². The van der Waals surface area contributed by atoms with Crippen LogP contribution in [0.5, 0.6) is 0 Å². The number of benzene rings is 1. The van der Waals surface area contributed by atoms with Crippen LogP contribution in [0.3, 0.4) is 0 Å². The first-order chi connectivity index (χ1) is 16.6. The summed E-state index contributed by atoms with van der Waals surface area (Å²) in [5.74, 6) is 0. The zero-order chi connectivity index (χ0) is 23.7. The van der Waals surface area contributed by atoms with E-state index >= 15 is 0 Å². The van der Waals surface area contributed by atoms with Crippen LogP contribution < -0.4 is 11.1 Å². The topological polar surface area (TPSA) is 170 Å². The van der Waals surface area contributed by atoms with E-state index in [-0.39, 0.29) is 23.2 Å². The van der Waals surface area contributed by atoms with Crippen LogP contribution in [0.4, 0.5) is 0 Å². The van der Waals surface area contributed by atoms with Gasteiger partial charge in [-0.2, -0.15) is 0 Å². The lowest BCUT2D eigenvalue weighted by Gasteiger charge is -2.18. The van der Waals surface area contributed by atoms with Crippen molar-refractivity contribution >= 4 is 21.8 Å². The summed E-state index contributed by atoms with van der Waals surface area (Å²) < 4.78 is 6.00. The number of tetrazole rings is 2. The third-order valence-corrected chi connectivity index (χ3v) is 5.85. The Morgan fingerprint density at radius 2 is 1.38 bits per heavy atom. The van der Waals surface area contributed by atoms with Gasteiger partial charge in [0, 0.05) is 0 Å². The van der Waals surface area contributed by atoms with Gasteiger partial charge >= 0.3 is 0 Å². The summed E-state index contributed by atoms with van der Waals surface area (Å²) >= 11 is 0. The molecule has 0 bridgehead atoms. The molecule has 15 nitrogen and oxygen atoms in total. The Morgan fingerprint density at radius 1 is 0.765 bits per heavy atom. The second-order valence-electron chi connectivity index (χ2n) is 7.87. The number of fused-ring (bicyclic) bond motifs is 2. The van der Waals surface area contributed by atoms with E-state index in [0.717, 1.165) is 0 Å². The van der Waals surface area contributed by atoms with Crippen molar-refractivity contribution in [2.24, 2.45) is 0 Å². The van der Waals surface area contributed by atoms with E-state index < -0.39 is 0 Å². The van der Waals surface area contributed by atoms with Gasteiger partial charge in [0.25, 0.3) is 11.1 Å². The molecule has 2 atom stereocenters. The quantitative estimate of drug-likeness (QED) is 0.279. The van der Waals surface area contributed by atoms with Crippen LogP contribution in [0.2, 0.25) is 0 Å². The molecule has 0 aliphatic rings. The molecule has 0 aliphatic carbocycles. The lowest BCUT2D eigenvalue weighted by atomic mass is 10.1. The predicted molar refractivity (Wildman–Crippen MR) is 118 cm³/mol. The molecule has 174 valence electrons. The fraction of sp³-hybridized carbons (Fsp3) is 0.421. The molecule has 0 fully saturated rings. The van der Waals surface area contributed by atoms with Crippen molar-refractivity contribution in [3.63, 3.8) is 0 Å². The van der Waals surface area contributed by atoms with E-state index in [1.54, 1.807) is 21.4 Å². The van der Waals surface area contributed by atoms with Crippen LogP contribution in [0.15, 0.2) is 40.7 Å². The summed E-state index contributed by atoms with van der Waals surface area (Å²) in [6.07, 6.45) is 5.77. The molecule has 5 aromatic rings. The summed E-state index contributed by atoms with van der Waals surface area (Å²) in [4.78, 5) is 31.0. The summed E-state index contributed by atoms with van der Waals surface area (Å²) in [6.45, 7) is 4.71. The standard InChI is InChI=1S/C19H21N13O2/c1-3-12(7-29-10-21-24-27-29)31-9-20-16-5-15-17(6-14(16)18(31)33)23-26-32(19(15)34)13(4-2)8-30-11-22-25-28-30/h5-6,9-13H,3-4,7-8H2,1-2H3/t12-,13-/m1/s1. The maximum atomic E-state index is 13.3. The molecule has 0 amide bonds. The van der Waals surface area contributed by atoms with Crippen molar-refractivity contribution in [3.8, 4) is 0 Å². The molecular weight excluding hydrogens is 442 g/mol. The number of hydrogen-bond donors (Lipinski definition) is 0. The van der Waals surface area contributed by atoms with E-state index in [0.29, 0.717) is 47.7 Å². The first kappa shape index (κ1) is 21.4. The summed E-state index contributed by atoms with van der Waals surface area (Å²) in [5, 5.41) is 31.3. The molecule has 34 heavy (non-hydrogen) atoms. The highest BCUT2D eigenvalue weighted by molar-refractivity contribution is 5.93. The smallest absolute Gasteiger partial charge is 0.278 e. The Kier molecular flexibility index (Phi) is 5.57. The van der Waals surface area contributed by atoms with E-state index in [2.05, 4.69) is 46.3 Å². The molecule has 0 saturated heterocycles. The first-order valence-corrected chi connectivity index (χ1v) is 10.8. The third kappa shape index (κ3) is 3.80. The Labute approximate surface area is 191 Å². The minimum atomic E-state index is -0.317.